The van der Waals surface area contributed by atoms with Gasteiger partial charge in [-0.15, -0.1) is 0 Å². The molecule has 0 radical (unpaired) electrons. The summed E-state index contributed by atoms with van der Waals surface area (Å²) in [7, 11) is 0. The number of carbonyl (C=O) groups is 1. The quantitative estimate of drug-likeness (QED) is 0.439. The smallest absolute Gasteiger partial charge is 0.309 e. The summed E-state index contributed by atoms with van der Waals surface area (Å²) in [6.45, 7) is 2.20. The maximum atomic E-state index is 11.8. The van der Waals surface area contributed by atoms with Crippen molar-refractivity contribution in [1.82, 2.24) is 15.2 Å². The maximum absolute atomic E-state index is 11.8. The van der Waals surface area contributed by atoms with Crippen LogP contribution >= 0.6 is 12.2 Å². The highest BCUT2D eigenvalue weighted by atomic mass is 32.1. The normalized spacial score (nSPS) is 22.1. The van der Waals surface area contributed by atoms with E-state index in [-0.39, 0.29) is 18.0 Å². The monoisotopic (exact) mass is 297 g/mol. The third kappa shape index (κ3) is 4.44. The Hall–Kier alpha value is -1.17. The summed E-state index contributed by atoms with van der Waals surface area (Å²) >= 11 is 4.90. The summed E-state index contributed by atoms with van der Waals surface area (Å²) in [4.78, 5) is 16.0. The second kappa shape index (κ2) is 7.57. The first-order valence-corrected chi connectivity index (χ1v) is 7.94. The predicted molar refractivity (Wildman–Crippen MR) is 78.8 cm³/mol. The molecule has 1 saturated heterocycles. The second-order valence-electron chi connectivity index (χ2n) is 5.49. The zero-order chi connectivity index (χ0) is 14.4. The Morgan fingerprint density at radius 2 is 2.15 bits per heavy atom. The molecular formula is C14H23N3O2S. The standard InChI is InChI=1S/C14H23N3O2S/c1-2-3-4-5-6-11-9-10(13(18)19-11)7-8-12-15-14(20)17-16-12/h10-11H,2-9H2,1H3,(H2,15,16,17,20)/t10-,11+/m0/s1. The third-order valence-electron chi connectivity index (χ3n) is 3.82. The Bertz CT molecular complexity index is 483. The molecule has 6 heteroatoms. The molecule has 2 N–H and O–H groups in total. The van der Waals surface area contributed by atoms with Crippen molar-refractivity contribution < 1.29 is 9.53 Å². The van der Waals surface area contributed by atoms with Gasteiger partial charge in [0.25, 0.3) is 0 Å². The van der Waals surface area contributed by atoms with Gasteiger partial charge in [0, 0.05) is 6.42 Å². The Morgan fingerprint density at radius 3 is 2.85 bits per heavy atom. The fourth-order valence-electron chi connectivity index (χ4n) is 2.67. The van der Waals surface area contributed by atoms with E-state index in [4.69, 9.17) is 17.0 Å². The highest BCUT2D eigenvalue weighted by Gasteiger charge is 2.33. The van der Waals surface area contributed by atoms with Gasteiger partial charge in [0.2, 0.25) is 4.77 Å². The molecule has 1 aromatic rings. The van der Waals surface area contributed by atoms with Crippen LogP contribution in [0, 0.1) is 10.7 Å². The van der Waals surface area contributed by atoms with Gasteiger partial charge in [-0.2, -0.15) is 0 Å². The van der Waals surface area contributed by atoms with Gasteiger partial charge in [0.05, 0.1) is 5.92 Å². The number of hydrogen-bond donors (Lipinski definition) is 2. The Balaban J connectivity index is 1.70. The van der Waals surface area contributed by atoms with E-state index in [1.807, 2.05) is 0 Å². The number of aromatic amines is 2. The lowest BCUT2D eigenvalue weighted by atomic mass is 9.97. The van der Waals surface area contributed by atoms with Crippen molar-refractivity contribution >= 4 is 18.2 Å². The minimum Gasteiger partial charge on any atom is -0.462 e. The largest absolute Gasteiger partial charge is 0.462 e. The van der Waals surface area contributed by atoms with Gasteiger partial charge in [0.1, 0.15) is 11.9 Å². The van der Waals surface area contributed by atoms with Crippen LogP contribution in [0.5, 0.6) is 0 Å². The Labute approximate surface area is 124 Å². The number of carbonyl (C=O) groups excluding carboxylic acids is 1. The van der Waals surface area contributed by atoms with Gasteiger partial charge in [-0.05, 0) is 37.9 Å². The summed E-state index contributed by atoms with van der Waals surface area (Å²) in [6.07, 6.45) is 8.39. The average Bonchev–Trinajstić information content (AvgIpc) is 2.99. The first-order valence-electron chi connectivity index (χ1n) is 7.53. The van der Waals surface area contributed by atoms with Gasteiger partial charge in [-0.25, -0.2) is 4.98 Å². The van der Waals surface area contributed by atoms with Crippen molar-refractivity contribution in [3.8, 4) is 0 Å². The second-order valence-corrected chi connectivity index (χ2v) is 5.88. The van der Waals surface area contributed by atoms with E-state index in [9.17, 15) is 4.79 Å². The molecule has 0 amide bonds. The SMILES string of the molecule is CCCCCC[C@@H]1C[C@H](CCc2nc(=S)[nH][nH]2)C(=O)O1. The van der Waals surface area contributed by atoms with Crippen LogP contribution in [0.15, 0.2) is 0 Å². The number of H-pyrrole nitrogens is 2. The maximum Gasteiger partial charge on any atom is 0.309 e. The van der Waals surface area contributed by atoms with Crippen molar-refractivity contribution in [2.45, 2.75) is 64.4 Å². The van der Waals surface area contributed by atoms with E-state index in [1.54, 1.807) is 0 Å². The average molecular weight is 297 g/mol. The highest BCUT2D eigenvalue weighted by molar-refractivity contribution is 7.71. The van der Waals surface area contributed by atoms with Gasteiger partial charge in [-0.1, -0.05) is 26.2 Å². The number of cyclic esters (lactones) is 1. The first kappa shape index (κ1) is 15.2. The van der Waals surface area contributed by atoms with Crippen LogP contribution in [0.2, 0.25) is 0 Å². The van der Waals surface area contributed by atoms with Crippen LogP contribution in [-0.2, 0) is 16.0 Å². The molecule has 1 aromatic heterocycles. The number of nitrogens with one attached hydrogen (secondary N) is 2. The Kier molecular flexibility index (Phi) is 5.76. The summed E-state index contributed by atoms with van der Waals surface area (Å²) in [6, 6.07) is 0. The molecule has 0 unspecified atom stereocenters. The number of hydrogen-bond acceptors (Lipinski definition) is 4. The molecule has 2 atom stereocenters. The van der Waals surface area contributed by atoms with Crippen LogP contribution < -0.4 is 0 Å². The highest BCUT2D eigenvalue weighted by Crippen LogP contribution is 2.28. The molecule has 5 nitrogen and oxygen atoms in total. The number of rotatable bonds is 8. The number of aryl methyl sites for hydroxylation is 1. The van der Waals surface area contributed by atoms with Gasteiger partial charge < -0.3 is 4.74 Å². The van der Waals surface area contributed by atoms with Crippen LogP contribution in [0.4, 0.5) is 0 Å². The third-order valence-corrected chi connectivity index (χ3v) is 4.02. The van der Waals surface area contributed by atoms with E-state index in [2.05, 4.69) is 22.1 Å². The van der Waals surface area contributed by atoms with Gasteiger partial charge >= 0.3 is 5.97 Å². The molecule has 1 fully saturated rings. The number of aromatic nitrogens is 3. The molecule has 0 bridgehead atoms. The lowest BCUT2D eigenvalue weighted by Crippen LogP contribution is -2.09. The molecule has 0 aliphatic carbocycles. The van der Waals surface area contributed by atoms with E-state index < -0.39 is 0 Å². The molecule has 20 heavy (non-hydrogen) atoms. The zero-order valence-electron chi connectivity index (χ0n) is 12.0. The van der Waals surface area contributed by atoms with Gasteiger partial charge in [0.15, 0.2) is 0 Å². The van der Waals surface area contributed by atoms with Crippen LogP contribution in [-0.4, -0.2) is 27.3 Å². The van der Waals surface area contributed by atoms with Crippen molar-refractivity contribution in [3.63, 3.8) is 0 Å². The van der Waals surface area contributed by atoms with E-state index in [0.717, 1.165) is 37.9 Å². The summed E-state index contributed by atoms with van der Waals surface area (Å²) in [5.41, 5.74) is 0. The lowest BCUT2D eigenvalue weighted by Gasteiger charge is -2.07. The van der Waals surface area contributed by atoms with Crippen molar-refractivity contribution in [2.75, 3.05) is 0 Å². The summed E-state index contributed by atoms with van der Waals surface area (Å²) in [5, 5.41) is 5.68. The Morgan fingerprint density at radius 1 is 1.30 bits per heavy atom. The number of esters is 1. The number of ether oxygens (including phenoxy) is 1. The van der Waals surface area contributed by atoms with Crippen molar-refractivity contribution in [3.05, 3.63) is 10.6 Å². The molecule has 2 heterocycles. The van der Waals surface area contributed by atoms with E-state index in [0.29, 0.717) is 4.77 Å². The van der Waals surface area contributed by atoms with E-state index >= 15 is 0 Å². The lowest BCUT2D eigenvalue weighted by molar-refractivity contribution is -0.144. The fraction of sp³-hybridized carbons (Fsp3) is 0.786. The van der Waals surface area contributed by atoms with Gasteiger partial charge in [-0.3, -0.25) is 15.0 Å². The van der Waals surface area contributed by atoms with Crippen LogP contribution in [0.1, 0.15) is 57.7 Å². The summed E-state index contributed by atoms with van der Waals surface area (Å²) in [5.74, 6) is 0.790. The summed E-state index contributed by atoms with van der Waals surface area (Å²) < 4.78 is 5.91. The molecule has 0 saturated carbocycles. The van der Waals surface area contributed by atoms with Crippen LogP contribution in [0.25, 0.3) is 0 Å². The molecule has 1 aliphatic heterocycles. The molecule has 2 rings (SSSR count). The zero-order valence-corrected chi connectivity index (χ0v) is 12.8. The topological polar surface area (TPSA) is 70.8 Å². The number of nitrogens with zero attached hydrogens (tertiary/aromatic N) is 1. The van der Waals surface area contributed by atoms with Crippen LogP contribution in [0.3, 0.4) is 0 Å². The molecule has 0 spiro atoms. The molecule has 112 valence electrons. The molecule has 0 aromatic carbocycles. The van der Waals surface area contributed by atoms with Crippen molar-refractivity contribution in [1.29, 1.82) is 0 Å². The first-order chi connectivity index (χ1) is 9.69. The fourth-order valence-corrected chi connectivity index (χ4v) is 2.83. The van der Waals surface area contributed by atoms with Crippen molar-refractivity contribution in [2.24, 2.45) is 5.92 Å². The molecular weight excluding hydrogens is 274 g/mol. The minimum absolute atomic E-state index is 0.0184. The molecule has 1 aliphatic rings. The predicted octanol–water partition coefficient (Wildman–Crippen LogP) is 3.30. The minimum atomic E-state index is -0.0420. The number of unbranched alkanes of at least 4 members (excludes halogenated alkanes) is 3. The van der Waals surface area contributed by atoms with E-state index in [1.165, 1.54) is 19.3 Å².